The Morgan fingerprint density at radius 3 is 2.74 bits per heavy atom. The number of ketones is 1. The predicted octanol–water partition coefficient (Wildman–Crippen LogP) is 3.23. The molecule has 1 aliphatic rings. The number of pyridine rings is 1. The number of imidazole rings is 1. The number of nitrogens with zero attached hydrogens (tertiary/aromatic N) is 3. The SMILES string of the molecule is CC(N)C1CCC(C(=O)Cc2ccnc3[nH]c(-c4nccn4C)cc23)CC1. The van der Waals surface area contributed by atoms with E-state index in [0.29, 0.717) is 18.1 Å². The first-order valence-corrected chi connectivity index (χ1v) is 9.75. The fourth-order valence-electron chi connectivity index (χ4n) is 4.28. The van der Waals surface area contributed by atoms with Gasteiger partial charge in [-0.05, 0) is 56.2 Å². The van der Waals surface area contributed by atoms with Gasteiger partial charge in [0.15, 0.2) is 5.82 Å². The number of rotatable bonds is 5. The van der Waals surface area contributed by atoms with Gasteiger partial charge in [-0.25, -0.2) is 9.97 Å². The van der Waals surface area contributed by atoms with Crippen LogP contribution in [0.4, 0.5) is 0 Å². The number of fused-ring (bicyclic) bond motifs is 1. The monoisotopic (exact) mass is 365 g/mol. The fourth-order valence-corrected chi connectivity index (χ4v) is 4.28. The van der Waals surface area contributed by atoms with Crippen LogP contribution in [0.5, 0.6) is 0 Å². The molecule has 4 rings (SSSR count). The van der Waals surface area contributed by atoms with Gasteiger partial charge in [0.05, 0.1) is 5.69 Å². The highest BCUT2D eigenvalue weighted by Crippen LogP contribution is 2.32. The second kappa shape index (κ2) is 7.27. The highest BCUT2D eigenvalue weighted by atomic mass is 16.1. The summed E-state index contributed by atoms with van der Waals surface area (Å²) in [4.78, 5) is 25.1. The quantitative estimate of drug-likeness (QED) is 0.726. The molecule has 27 heavy (non-hydrogen) atoms. The van der Waals surface area contributed by atoms with Gasteiger partial charge in [-0.3, -0.25) is 4.79 Å². The Kier molecular flexibility index (Phi) is 4.83. The summed E-state index contributed by atoms with van der Waals surface area (Å²) >= 11 is 0. The number of hydrogen-bond acceptors (Lipinski definition) is 4. The van der Waals surface area contributed by atoms with Gasteiger partial charge in [0, 0.05) is 49.4 Å². The van der Waals surface area contributed by atoms with Crippen LogP contribution in [0.15, 0.2) is 30.7 Å². The van der Waals surface area contributed by atoms with Gasteiger partial charge >= 0.3 is 0 Å². The number of nitrogens with one attached hydrogen (secondary N) is 1. The standard InChI is InChI=1S/C21H27N5O/c1-13(22)14-3-5-15(6-4-14)19(27)11-16-7-8-23-20-17(16)12-18(25-20)21-24-9-10-26(21)2/h7-10,12-15H,3-6,11,22H2,1-2H3,(H,23,25). The minimum atomic E-state index is 0.163. The van der Waals surface area contributed by atoms with Crippen molar-refractivity contribution in [1.82, 2.24) is 19.5 Å². The molecule has 1 saturated carbocycles. The van der Waals surface area contributed by atoms with E-state index in [9.17, 15) is 4.79 Å². The van der Waals surface area contributed by atoms with Crippen molar-refractivity contribution < 1.29 is 4.79 Å². The zero-order chi connectivity index (χ0) is 19.0. The van der Waals surface area contributed by atoms with E-state index in [1.807, 2.05) is 23.9 Å². The molecule has 3 heterocycles. The minimum Gasteiger partial charge on any atom is -0.337 e. The van der Waals surface area contributed by atoms with E-state index in [-0.39, 0.29) is 12.0 Å². The van der Waals surface area contributed by atoms with E-state index in [1.165, 1.54) is 0 Å². The van der Waals surface area contributed by atoms with Crippen molar-refractivity contribution >= 4 is 16.8 Å². The number of aromatic amines is 1. The summed E-state index contributed by atoms with van der Waals surface area (Å²) in [5.74, 6) is 1.92. The first-order chi connectivity index (χ1) is 13.0. The van der Waals surface area contributed by atoms with Crippen molar-refractivity contribution in [3.05, 3.63) is 36.3 Å². The van der Waals surface area contributed by atoms with Gasteiger partial charge in [0.1, 0.15) is 11.4 Å². The number of nitrogens with two attached hydrogens (primary N) is 1. The lowest BCUT2D eigenvalue weighted by atomic mass is 9.76. The number of H-pyrrole nitrogens is 1. The molecule has 1 unspecified atom stereocenters. The second-order valence-electron chi connectivity index (χ2n) is 7.89. The Morgan fingerprint density at radius 2 is 2.07 bits per heavy atom. The van der Waals surface area contributed by atoms with Crippen molar-refractivity contribution in [2.24, 2.45) is 24.6 Å². The van der Waals surface area contributed by atoms with Crippen LogP contribution in [0.2, 0.25) is 0 Å². The number of hydrogen-bond donors (Lipinski definition) is 2. The fraction of sp³-hybridized carbons (Fsp3) is 0.476. The van der Waals surface area contributed by atoms with Crippen molar-refractivity contribution in [3.8, 4) is 11.5 Å². The number of aryl methyl sites for hydroxylation is 1. The largest absolute Gasteiger partial charge is 0.337 e. The molecule has 0 saturated heterocycles. The minimum absolute atomic E-state index is 0.163. The van der Waals surface area contributed by atoms with E-state index in [0.717, 1.165) is 53.8 Å². The van der Waals surface area contributed by atoms with Gasteiger partial charge in [-0.15, -0.1) is 0 Å². The summed E-state index contributed by atoms with van der Waals surface area (Å²) in [6.07, 6.45) is 9.98. The third-order valence-corrected chi connectivity index (χ3v) is 6.02. The molecular formula is C21H27N5O. The Morgan fingerprint density at radius 1 is 1.30 bits per heavy atom. The van der Waals surface area contributed by atoms with Crippen molar-refractivity contribution in [2.75, 3.05) is 0 Å². The summed E-state index contributed by atoms with van der Waals surface area (Å²) in [5.41, 5.74) is 8.79. The van der Waals surface area contributed by atoms with Crippen LogP contribution >= 0.6 is 0 Å². The van der Waals surface area contributed by atoms with Crippen molar-refractivity contribution in [1.29, 1.82) is 0 Å². The molecule has 1 fully saturated rings. The second-order valence-corrected chi connectivity index (χ2v) is 7.89. The molecule has 1 atom stereocenters. The zero-order valence-electron chi connectivity index (χ0n) is 16.0. The maximum Gasteiger partial charge on any atom is 0.156 e. The van der Waals surface area contributed by atoms with E-state index in [1.54, 1.807) is 12.4 Å². The smallest absolute Gasteiger partial charge is 0.156 e. The van der Waals surface area contributed by atoms with Gasteiger partial charge < -0.3 is 15.3 Å². The maximum atomic E-state index is 12.9. The van der Waals surface area contributed by atoms with E-state index in [4.69, 9.17) is 5.73 Å². The molecule has 0 aromatic carbocycles. The Hall–Kier alpha value is -2.47. The highest BCUT2D eigenvalue weighted by molar-refractivity contribution is 5.91. The number of carbonyl (C=O) groups excluding carboxylic acids is 1. The topological polar surface area (TPSA) is 89.6 Å². The van der Waals surface area contributed by atoms with Crippen molar-refractivity contribution in [2.45, 2.75) is 45.1 Å². The Balaban J connectivity index is 1.53. The van der Waals surface area contributed by atoms with Crippen LogP contribution in [0, 0.1) is 11.8 Å². The molecule has 0 aliphatic heterocycles. The number of aromatic nitrogens is 4. The lowest BCUT2D eigenvalue weighted by molar-refractivity contribution is -0.123. The third-order valence-electron chi connectivity index (χ3n) is 6.02. The van der Waals surface area contributed by atoms with Gasteiger partial charge in [-0.1, -0.05) is 0 Å². The van der Waals surface area contributed by atoms with Crippen LogP contribution in [0.3, 0.4) is 0 Å². The van der Waals surface area contributed by atoms with Crippen LogP contribution in [-0.4, -0.2) is 31.3 Å². The van der Waals surface area contributed by atoms with Gasteiger partial charge in [0.2, 0.25) is 0 Å². The maximum absolute atomic E-state index is 12.9. The molecule has 0 bridgehead atoms. The van der Waals surface area contributed by atoms with E-state index in [2.05, 4.69) is 27.9 Å². The lowest BCUT2D eigenvalue weighted by Gasteiger charge is -2.30. The highest BCUT2D eigenvalue weighted by Gasteiger charge is 2.28. The van der Waals surface area contributed by atoms with Gasteiger partial charge in [-0.2, -0.15) is 0 Å². The number of Topliss-reactive ketones (excluding diaryl/α,β-unsaturated/α-hetero) is 1. The van der Waals surface area contributed by atoms with E-state index < -0.39 is 0 Å². The summed E-state index contributed by atoms with van der Waals surface area (Å²) < 4.78 is 1.96. The summed E-state index contributed by atoms with van der Waals surface area (Å²) in [7, 11) is 1.96. The average Bonchev–Trinajstić information content (AvgIpc) is 3.28. The Bertz CT molecular complexity index is 947. The molecule has 0 spiro atoms. The summed E-state index contributed by atoms with van der Waals surface area (Å²) in [6, 6.07) is 4.25. The molecule has 6 heteroatoms. The molecule has 0 radical (unpaired) electrons. The van der Waals surface area contributed by atoms with Crippen LogP contribution < -0.4 is 5.73 Å². The molecule has 6 nitrogen and oxygen atoms in total. The zero-order valence-corrected chi connectivity index (χ0v) is 16.0. The first kappa shape index (κ1) is 17.9. The molecule has 3 N–H and O–H groups in total. The summed E-state index contributed by atoms with van der Waals surface area (Å²) in [6.45, 7) is 2.07. The average molecular weight is 365 g/mol. The molecule has 142 valence electrons. The number of carbonyl (C=O) groups is 1. The molecule has 1 aliphatic carbocycles. The first-order valence-electron chi connectivity index (χ1n) is 9.75. The lowest BCUT2D eigenvalue weighted by Crippen LogP contribution is -2.32. The van der Waals surface area contributed by atoms with Crippen LogP contribution in [0.25, 0.3) is 22.6 Å². The predicted molar refractivity (Wildman–Crippen MR) is 106 cm³/mol. The third kappa shape index (κ3) is 3.54. The molecule has 3 aromatic heterocycles. The molecule has 3 aromatic rings. The van der Waals surface area contributed by atoms with Crippen molar-refractivity contribution in [3.63, 3.8) is 0 Å². The molecular weight excluding hydrogens is 338 g/mol. The Labute approximate surface area is 159 Å². The van der Waals surface area contributed by atoms with Crippen LogP contribution in [-0.2, 0) is 18.3 Å². The van der Waals surface area contributed by atoms with Gasteiger partial charge in [0.25, 0.3) is 0 Å². The van der Waals surface area contributed by atoms with Crippen LogP contribution in [0.1, 0.15) is 38.2 Å². The molecule has 0 amide bonds. The summed E-state index contributed by atoms with van der Waals surface area (Å²) in [5, 5.41) is 1.01. The van der Waals surface area contributed by atoms with E-state index >= 15 is 0 Å². The normalized spacial score (nSPS) is 21.4.